The predicted octanol–water partition coefficient (Wildman–Crippen LogP) is 0.771. The average molecular weight is 268 g/mol. The molecule has 0 aliphatic carbocycles. The molecule has 1 atom stereocenters. The van der Waals surface area contributed by atoms with E-state index in [0.717, 1.165) is 13.0 Å². The third kappa shape index (κ3) is 3.54. The van der Waals surface area contributed by atoms with Crippen molar-refractivity contribution in [2.45, 2.75) is 19.4 Å². The summed E-state index contributed by atoms with van der Waals surface area (Å²) in [5.41, 5.74) is 2.49. The molecule has 1 aromatic rings. The lowest BCUT2D eigenvalue weighted by atomic mass is 10.0. The van der Waals surface area contributed by atoms with E-state index < -0.39 is 10.0 Å². The molecule has 100 valence electrons. The van der Waals surface area contributed by atoms with E-state index in [-0.39, 0.29) is 6.04 Å². The average Bonchev–Trinajstić information content (AvgIpc) is 2.28. The fraction of sp³-hybridized carbons (Fsp3) is 0.538. The topological polar surface area (TPSA) is 49.4 Å². The minimum atomic E-state index is -3.07. The molecule has 1 heterocycles. The van der Waals surface area contributed by atoms with E-state index in [1.807, 2.05) is 6.07 Å². The zero-order valence-electron chi connectivity index (χ0n) is 10.9. The molecule has 1 aromatic carbocycles. The third-order valence-corrected chi connectivity index (χ3v) is 4.52. The molecule has 0 aromatic heterocycles. The number of nitrogens with one attached hydrogen (secondary N) is 1. The summed E-state index contributed by atoms with van der Waals surface area (Å²) < 4.78 is 24.6. The SMILES string of the molecule is Cc1cccc(CC2CN(S(C)(=O)=O)CCN2)c1. The molecule has 18 heavy (non-hydrogen) atoms. The molecule has 0 spiro atoms. The molecule has 0 bridgehead atoms. The van der Waals surface area contributed by atoms with Gasteiger partial charge in [0.15, 0.2) is 0 Å². The fourth-order valence-corrected chi connectivity index (χ4v) is 3.23. The molecule has 5 heteroatoms. The Balaban J connectivity index is 2.02. The van der Waals surface area contributed by atoms with Gasteiger partial charge in [0.25, 0.3) is 0 Å². The van der Waals surface area contributed by atoms with Crippen LogP contribution in [0.1, 0.15) is 11.1 Å². The fourth-order valence-electron chi connectivity index (χ4n) is 2.36. The first-order valence-corrected chi connectivity index (χ1v) is 8.04. The number of piperazine rings is 1. The lowest BCUT2D eigenvalue weighted by molar-refractivity contribution is 0.298. The van der Waals surface area contributed by atoms with Crippen molar-refractivity contribution in [1.29, 1.82) is 0 Å². The number of hydrogen-bond acceptors (Lipinski definition) is 3. The van der Waals surface area contributed by atoms with Crippen molar-refractivity contribution < 1.29 is 8.42 Å². The van der Waals surface area contributed by atoms with Crippen molar-refractivity contribution in [2.75, 3.05) is 25.9 Å². The van der Waals surface area contributed by atoms with Crippen molar-refractivity contribution >= 4 is 10.0 Å². The first kappa shape index (κ1) is 13.5. The van der Waals surface area contributed by atoms with Crippen LogP contribution in [0.25, 0.3) is 0 Å². The summed E-state index contributed by atoms with van der Waals surface area (Å²) in [5.74, 6) is 0. The van der Waals surface area contributed by atoms with E-state index in [1.54, 1.807) is 4.31 Å². The summed E-state index contributed by atoms with van der Waals surface area (Å²) in [6.45, 7) is 3.93. The Morgan fingerprint density at radius 1 is 1.44 bits per heavy atom. The van der Waals surface area contributed by atoms with Crippen LogP contribution in [0.2, 0.25) is 0 Å². The maximum absolute atomic E-state index is 11.5. The lowest BCUT2D eigenvalue weighted by Gasteiger charge is -2.32. The molecule has 0 saturated carbocycles. The highest BCUT2D eigenvalue weighted by Gasteiger charge is 2.25. The zero-order chi connectivity index (χ0) is 13.2. The zero-order valence-corrected chi connectivity index (χ0v) is 11.7. The van der Waals surface area contributed by atoms with Crippen molar-refractivity contribution in [3.63, 3.8) is 0 Å². The van der Waals surface area contributed by atoms with Gasteiger partial charge in [-0.3, -0.25) is 0 Å². The van der Waals surface area contributed by atoms with E-state index in [1.165, 1.54) is 17.4 Å². The Kier molecular flexibility index (Phi) is 4.04. The molecule has 2 rings (SSSR count). The normalized spacial score (nSPS) is 22.0. The van der Waals surface area contributed by atoms with Crippen LogP contribution in [-0.2, 0) is 16.4 Å². The molecule has 1 aliphatic rings. The van der Waals surface area contributed by atoms with E-state index in [9.17, 15) is 8.42 Å². The second-order valence-electron chi connectivity index (χ2n) is 4.97. The van der Waals surface area contributed by atoms with Crippen LogP contribution in [0.5, 0.6) is 0 Å². The van der Waals surface area contributed by atoms with Crippen LogP contribution in [0.15, 0.2) is 24.3 Å². The number of nitrogens with zero attached hydrogens (tertiary/aromatic N) is 1. The second kappa shape index (κ2) is 5.38. The van der Waals surface area contributed by atoms with Gasteiger partial charge in [0, 0.05) is 25.7 Å². The molecule has 1 saturated heterocycles. The van der Waals surface area contributed by atoms with Gasteiger partial charge in [-0.2, -0.15) is 4.31 Å². The van der Waals surface area contributed by atoms with Crippen molar-refractivity contribution in [3.8, 4) is 0 Å². The summed E-state index contributed by atoms with van der Waals surface area (Å²) in [6.07, 6.45) is 2.15. The Hall–Kier alpha value is -0.910. The van der Waals surface area contributed by atoms with Gasteiger partial charge in [0.05, 0.1) is 6.26 Å². The summed E-state index contributed by atoms with van der Waals surface area (Å²) >= 11 is 0. The third-order valence-electron chi connectivity index (χ3n) is 3.25. The van der Waals surface area contributed by atoms with Crippen LogP contribution in [0, 0.1) is 6.92 Å². The van der Waals surface area contributed by atoms with E-state index in [0.29, 0.717) is 13.1 Å². The van der Waals surface area contributed by atoms with Crippen molar-refractivity contribution in [1.82, 2.24) is 9.62 Å². The molecular weight excluding hydrogens is 248 g/mol. The largest absolute Gasteiger partial charge is 0.311 e. The lowest BCUT2D eigenvalue weighted by Crippen LogP contribution is -2.53. The smallest absolute Gasteiger partial charge is 0.211 e. The first-order valence-electron chi connectivity index (χ1n) is 6.19. The van der Waals surface area contributed by atoms with Crippen LogP contribution in [-0.4, -0.2) is 44.7 Å². The van der Waals surface area contributed by atoms with E-state index >= 15 is 0 Å². The van der Waals surface area contributed by atoms with Gasteiger partial charge in [0.2, 0.25) is 10.0 Å². The summed E-state index contributed by atoms with van der Waals surface area (Å²) in [7, 11) is -3.07. The van der Waals surface area contributed by atoms with Crippen molar-refractivity contribution in [3.05, 3.63) is 35.4 Å². The maximum Gasteiger partial charge on any atom is 0.211 e. The Bertz CT molecular complexity index is 513. The second-order valence-corrected chi connectivity index (χ2v) is 6.95. The molecule has 1 fully saturated rings. The van der Waals surface area contributed by atoms with Crippen molar-refractivity contribution in [2.24, 2.45) is 0 Å². The molecule has 0 radical (unpaired) electrons. The minimum Gasteiger partial charge on any atom is -0.311 e. The number of benzene rings is 1. The van der Waals surface area contributed by atoms with Gasteiger partial charge in [-0.15, -0.1) is 0 Å². The number of hydrogen-bond donors (Lipinski definition) is 1. The summed E-state index contributed by atoms with van der Waals surface area (Å²) in [6, 6.07) is 8.56. The van der Waals surface area contributed by atoms with E-state index in [4.69, 9.17) is 0 Å². The Morgan fingerprint density at radius 2 is 2.22 bits per heavy atom. The number of sulfonamides is 1. The standard InChI is InChI=1S/C13H20N2O2S/c1-11-4-3-5-12(8-11)9-13-10-15(7-6-14-13)18(2,16)17/h3-5,8,13-14H,6-7,9-10H2,1-2H3. The molecular formula is C13H20N2O2S. The summed E-state index contributed by atoms with van der Waals surface area (Å²) in [5, 5.41) is 3.38. The quantitative estimate of drug-likeness (QED) is 0.881. The summed E-state index contributed by atoms with van der Waals surface area (Å²) in [4.78, 5) is 0. The highest BCUT2D eigenvalue weighted by molar-refractivity contribution is 7.88. The van der Waals surface area contributed by atoms with Gasteiger partial charge in [-0.05, 0) is 18.9 Å². The molecule has 4 nitrogen and oxygen atoms in total. The van der Waals surface area contributed by atoms with Crippen LogP contribution >= 0.6 is 0 Å². The maximum atomic E-state index is 11.5. The molecule has 1 N–H and O–H groups in total. The van der Waals surface area contributed by atoms with E-state index in [2.05, 4.69) is 30.4 Å². The van der Waals surface area contributed by atoms with Gasteiger partial charge in [0.1, 0.15) is 0 Å². The number of aryl methyl sites for hydroxylation is 1. The van der Waals surface area contributed by atoms with Gasteiger partial charge in [-0.1, -0.05) is 29.8 Å². The van der Waals surface area contributed by atoms with Gasteiger partial charge >= 0.3 is 0 Å². The Morgan fingerprint density at radius 3 is 2.89 bits per heavy atom. The predicted molar refractivity (Wildman–Crippen MR) is 73.1 cm³/mol. The molecule has 1 unspecified atom stereocenters. The number of rotatable bonds is 3. The highest BCUT2D eigenvalue weighted by Crippen LogP contribution is 2.11. The molecule has 1 aliphatic heterocycles. The van der Waals surface area contributed by atoms with Crippen LogP contribution < -0.4 is 5.32 Å². The van der Waals surface area contributed by atoms with Crippen LogP contribution in [0.4, 0.5) is 0 Å². The van der Waals surface area contributed by atoms with Crippen LogP contribution in [0.3, 0.4) is 0 Å². The minimum absolute atomic E-state index is 0.204. The first-order chi connectivity index (χ1) is 8.45. The monoisotopic (exact) mass is 268 g/mol. The molecule has 0 amide bonds. The highest BCUT2D eigenvalue weighted by atomic mass is 32.2. The van der Waals surface area contributed by atoms with Gasteiger partial charge < -0.3 is 5.32 Å². The van der Waals surface area contributed by atoms with Gasteiger partial charge in [-0.25, -0.2) is 8.42 Å². The Labute approximate surface area is 109 Å².